The van der Waals surface area contributed by atoms with Gasteiger partial charge in [0.05, 0.1) is 0 Å². The van der Waals surface area contributed by atoms with Crippen molar-refractivity contribution in [2.24, 2.45) is 0 Å². The fourth-order valence-electron chi connectivity index (χ4n) is 4.07. The molecule has 0 amide bonds. The highest BCUT2D eigenvalue weighted by Crippen LogP contribution is 2.43. The van der Waals surface area contributed by atoms with Crippen LogP contribution in [0.4, 0.5) is 10.3 Å². The number of fused-ring (bicyclic) bond motifs is 1. The number of anilines is 1. The first-order chi connectivity index (χ1) is 13.2. The van der Waals surface area contributed by atoms with Crippen molar-refractivity contribution < 1.29 is 9.18 Å². The largest absolute Gasteiger partial charge is 0.328 e. The van der Waals surface area contributed by atoms with Crippen LogP contribution in [0.1, 0.15) is 35.9 Å². The molecule has 134 valence electrons. The Morgan fingerprint density at radius 2 is 1.78 bits per heavy atom. The number of carbonyl (C=O) groups is 1. The Kier molecular flexibility index (Phi) is 3.63. The summed E-state index contributed by atoms with van der Waals surface area (Å²) in [6.45, 7) is 0. The maximum atomic E-state index is 13.4. The van der Waals surface area contributed by atoms with E-state index in [1.807, 2.05) is 18.2 Å². The van der Waals surface area contributed by atoms with Gasteiger partial charge in [0, 0.05) is 17.7 Å². The Balaban J connectivity index is 1.60. The van der Waals surface area contributed by atoms with Gasteiger partial charge < -0.3 is 5.32 Å². The average molecular weight is 360 g/mol. The van der Waals surface area contributed by atoms with E-state index in [1.165, 1.54) is 18.5 Å². The number of allylic oxidation sites excluding steroid dienone is 2. The van der Waals surface area contributed by atoms with E-state index in [0.29, 0.717) is 17.9 Å². The average Bonchev–Trinajstić information content (AvgIpc) is 3.16. The Hall–Kier alpha value is -3.28. The molecule has 2 heterocycles. The first-order valence-corrected chi connectivity index (χ1v) is 8.94. The summed E-state index contributed by atoms with van der Waals surface area (Å²) < 4.78 is 15.1. The van der Waals surface area contributed by atoms with Crippen molar-refractivity contribution in [3.05, 3.63) is 89.1 Å². The number of benzene rings is 2. The number of carbonyl (C=O) groups excluding carboxylic acids is 1. The summed E-state index contributed by atoms with van der Waals surface area (Å²) in [6, 6.07) is 15.9. The number of nitrogens with one attached hydrogen (secondary N) is 1. The summed E-state index contributed by atoms with van der Waals surface area (Å²) in [7, 11) is 0. The summed E-state index contributed by atoms with van der Waals surface area (Å²) in [5.74, 6) is 0.519. The number of halogens is 1. The fraction of sp³-hybridized carbons (Fsp3) is 0.190. The molecule has 6 heteroatoms. The standard InChI is InChI=1S/C21H17FN4O/c22-16-8-6-14(7-9-16)20-19-17(25-21-23-12-24-26(20)21)10-15(11-18(19)27)13-4-2-1-3-5-13/h1-9,12,15,20H,10-11H2,(H,23,24,25)/t15-,20-/m0/s1. The zero-order valence-electron chi connectivity index (χ0n) is 14.5. The second-order valence-corrected chi connectivity index (χ2v) is 6.94. The third-order valence-corrected chi connectivity index (χ3v) is 5.32. The zero-order valence-corrected chi connectivity index (χ0v) is 14.5. The van der Waals surface area contributed by atoms with Crippen molar-refractivity contribution in [3.8, 4) is 0 Å². The van der Waals surface area contributed by atoms with Gasteiger partial charge in [-0.3, -0.25) is 4.79 Å². The monoisotopic (exact) mass is 360 g/mol. The molecule has 0 radical (unpaired) electrons. The second kappa shape index (κ2) is 6.16. The summed E-state index contributed by atoms with van der Waals surface area (Å²) in [5.41, 5.74) is 3.56. The molecule has 1 aliphatic carbocycles. The number of hydrogen-bond donors (Lipinski definition) is 1. The van der Waals surface area contributed by atoms with Crippen molar-refractivity contribution in [3.63, 3.8) is 0 Å². The second-order valence-electron chi connectivity index (χ2n) is 6.94. The van der Waals surface area contributed by atoms with E-state index in [-0.39, 0.29) is 23.6 Å². The van der Waals surface area contributed by atoms with Gasteiger partial charge in [0.1, 0.15) is 18.2 Å². The molecule has 1 aromatic heterocycles. The quantitative estimate of drug-likeness (QED) is 0.754. The Morgan fingerprint density at radius 1 is 1.00 bits per heavy atom. The van der Waals surface area contributed by atoms with Gasteiger partial charge in [-0.2, -0.15) is 10.1 Å². The predicted octanol–water partition coefficient (Wildman–Crippen LogP) is 3.83. The van der Waals surface area contributed by atoms with Crippen LogP contribution in [-0.4, -0.2) is 20.5 Å². The highest BCUT2D eigenvalue weighted by Gasteiger charge is 2.39. The van der Waals surface area contributed by atoms with Crippen LogP contribution in [0.3, 0.4) is 0 Å². The Morgan fingerprint density at radius 3 is 2.56 bits per heavy atom. The van der Waals surface area contributed by atoms with Gasteiger partial charge in [-0.25, -0.2) is 9.07 Å². The summed E-state index contributed by atoms with van der Waals surface area (Å²) in [4.78, 5) is 17.4. The molecule has 0 saturated carbocycles. The molecule has 0 bridgehead atoms. The lowest BCUT2D eigenvalue weighted by atomic mass is 9.78. The van der Waals surface area contributed by atoms with Crippen molar-refractivity contribution in [2.45, 2.75) is 24.8 Å². The SMILES string of the molecule is O=C1C[C@@H](c2ccccc2)CC2=C1[C@H](c1ccc(F)cc1)n1ncnc1N2. The van der Waals surface area contributed by atoms with Crippen LogP contribution in [-0.2, 0) is 4.79 Å². The molecule has 3 aromatic rings. The van der Waals surface area contributed by atoms with E-state index in [4.69, 9.17) is 0 Å². The van der Waals surface area contributed by atoms with Crippen LogP contribution in [0, 0.1) is 5.82 Å². The molecule has 27 heavy (non-hydrogen) atoms. The maximum Gasteiger partial charge on any atom is 0.226 e. The lowest BCUT2D eigenvalue weighted by Gasteiger charge is -2.35. The lowest BCUT2D eigenvalue weighted by molar-refractivity contribution is -0.116. The molecule has 0 unspecified atom stereocenters. The van der Waals surface area contributed by atoms with Gasteiger partial charge in [-0.05, 0) is 35.6 Å². The molecule has 0 saturated heterocycles. The minimum Gasteiger partial charge on any atom is -0.328 e. The van der Waals surface area contributed by atoms with E-state index in [0.717, 1.165) is 23.2 Å². The number of ketones is 1. The number of hydrogen-bond acceptors (Lipinski definition) is 4. The molecular weight excluding hydrogens is 343 g/mol. The lowest BCUT2D eigenvalue weighted by Crippen LogP contribution is -2.33. The zero-order chi connectivity index (χ0) is 18.4. The van der Waals surface area contributed by atoms with Gasteiger partial charge >= 0.3 is 0 Å². The molecular formula is C21H17FN4O. The highest BCUT2D eigenvalue weighted by atomic mass is 19.1. The molecule has 2 atom stereocenters. The summed E-state index contributed by atoms with van der Waals surface area (Å²) in [5, 5.41) is 7.60. The van der Waals surface area contributed by atoms with E-state index in [2.05, 4.69) is 27.5 Å². The van der Waals surface area contributed by atoms with E-state index in [1.54, 1.807) is 16.8 Å². The van der Waals surface area contributed by atoms with E-state index in [9.17, 15) is 9.18 Å². The molecule has 0 fully saturated rings. The van der Waals surface area contributed by atoms with E-state index < -0.39 is 0 Å². The third kappa shape index (κ3) is 2.65. The summed E-state index contributed by atoms with van der Waals surface area (Å²) in [6.07, 6.45) is 2.65. The molecule has 5 nitrogen and oxygen atoms in total. The number of Topliss-reactive ketones (excluding diaryl/α,β-unsaturated/α-hetero) is 1. The molecule has 2 aromatic carbocycles. The van der Waals surface area contributed by atoms with Crippen LogP contribution < -0.4 is 5.32 Å². The highest BCUT2D eigenvalue weighted by molar-refractivity contribution is 6.00. The first kappa shape index (κ1) is 15.9. The van der Waals surface area contributed by atoms with Gasteiger partial charge in [0.2, 0.25) is 5.95 Å². The van der Waals surface area contributed by atoms with Gasteiger partial charge in [0.15, 0.2) is 5.78 Å². The fourth-order valence-corrected chi connectivity index (χ4v) is 4.07. The van der Waals surface area contributed by atoms with Crippen LogP contribution in [0.2, 0.25) is 0 Å². The van der Waals surface area contributed by atoms with Crippen LogP contribution in [0.15, 0.2) is 72.2 Å². The minimum absolute atomic E-state index is 0.0908. The topological polar surface area (TPSA) is 59.8 Å². The van der Waals surface area contributed by atoms with Crippen molar-refractivity contribution in [2.75, 3.05) is 5.32 Å². The van der Waals surface area contributed by atoms with E-state index >= 15 is 0 Å². The predicted molar refractivity (Wildman–Crippen MR) is 98.6 cm³/mol. The summed E-state index contributed by atoms with van der Waals surface area (Å²) >= 11 is 0. The number of nitrogens with zero attached hydrogens (tertiary/aromatic N) is 3. The van der Waals surface area contributed by atoms with Crippen molar-refractivity contribution >= 4 is 11.7 Å². The Bertz CT molecular complexity index is 1040. The molecule has 1 N–H and O–H groups in total. The number of rotatable bonds is 2. The smallest absolute Gasteiger partial charge is 0.226 e. The van der Waals surface area contributed by atoms with Gasteiger partial charge in [-0.1, -0.05) is 42.5 Å². The molecule has 5 rings (SSSR count). The maximum absolute atomic E-state index is 13.4. The van der Waals surface area contributed by atoms with Crippen molar-refractivity contribution in [1.82, 2.24) is 14.8 Å². The molecule has 0 spiro atoms. The Labute approximate surface area is 155 Å². The molecule has 2 aliphatic rings. The van der Waals surface area contributed by atoms with Crippen LogP contribution in [0.5, 0.6) is 0 Å². The van der Waals surface area contributed by atoms with Crippen molar-refractivity contribution in [1.29, 1.82) is 0 Å². The van der Waals surface area contributed by atoms with Gasteiger partial charge in [-0.15, -0.1) is 0 Å². The minimum atomic E-state index is -0.386. The van der Waals surface area contributed by atoms with Gasteiger partial charge in [0.25, 0.3) is 0 Å². The molecule has 1 aliphatic heterocycles. The van der Waals surface area contributed by atoms with Crippen LogP contribution >= 0.6 is 0 Å². The van der Waals surface area contributed by atoms with Crippen LogP contribution in [0.25, 0.3) is 0 Å². The first-order valence-electron chi connectivity index (χ1n) is 8.94. The number of aromatic nitrogens is 3. The normalized spacial score (nSPS) is 21.4. The third-order valence-electron chi connectivity index (χ3n) is 5.32.